The van der Waals surface area contributed by atoms with Crippen LogP contribution in [0.25, 0.3) is 22.3 Å². The number of imidazole rings is 1. The van der Waals surface area contributed by atoms with Crippen LogP contribution in [0.5, 0.6) is 0 Å². The van der Waals surface area contributed by atoms with E-state index in [1.165, 1.54) is 19.4 Å². The highest BCUT2D eigenvalue weighted by Crippen LogP contribution is 2.37. The van der Waals surface area contributed by atoms with Crippen LogP contribution in [0.1, 0.15) is 57.3 Å². The molecule has 0 bridgehead atoms. The molecule has 1 aliphatic carbocycles. The molecule has 0 unspecified atom stereocenters. The predicted octanol–water partition coefficient (Wildman–Crippen LogP) is 5.38. The number of rotatable bonds is 5. The maximum absolute atomic E-state index is 15.5. The predicted molar refractivity (Wildman–Crippen MR) is 140 cm³/mol. The number of hydrogen-bond acceptors (Lipinski definition) is 7. The third-order valence-corrected chi connectivity index (χ3v) is 7.68. The molecule has 2 fully saturated rings. The number of halogens is 4. The van der Waals surface area contributed by atoms with Gasteiger partial charge in [-0.15, -0.1) is 0 Å². The van der Waals surface area contributed by atoms with Crippen molar-refractivity contribution in [2.45, 2.75) is 69.6 Å². The second kappa shape index (κ2) is 10.5. The SMILES string of the molecule is COC(=O)N1CC[C@@H](c2nc3c(F)cc(-c4nc(N[C@@H]5CCC(F)(F)C[C@H]5O)ncc4Cl)cc3n2C(C)C)C1. The minimum atomic E-state index is -2.91. The van der Waals surface area contributed by atoms with Gasteiger partial charge in [-0.05, 0) is 38.8 Å². The number of nitrogens with one attached hydrogen (secondary N) is 1. The number of carbonyl (C=O) groups excluding carboxylic acids is 1. The molecule has 9 nitrogen and oxygen atoms in total. The maximum Gasteiger partial charge on any atom is 0.409 e. The van der Waals surface area contributed by atoms with E-state index in [1.807, 2.05) is 18.4 Å². The molecule has 2 aliphatic rings. The van der Waals surface area contributed by atoms with E-state index in [4.69, 9.17) is 16.3 Å². The molecule has 210 valence electrons. The van der Waals surface area contributed by atoms with E-state index in [1.54, 1.807) is 11.0 Å². The van der Waals surface area contributed by atoms with Gasteiger partial charge in [0.1, 0.15) is 11.3 Å². The van der Waals surface area contributed by atoms with Gasteiger partial charge in [0.15, 0.2) is 5.82 Å². The van der Waals surface area contributed by atoms with Crippen molar-refractivity contribution in [2.24, 2.45) is 0 Å². The van der Waals surface area contributed by atoms with Gasteiger partial charge >= 0.3 is 6.09 Å². The first-order valence-corrected chi connectivity index (χ1v) is 13.2. The average Bonchev–Trinajstić information content (AvgIpc) is 3.51. The van der Waals surface area contributed by atoms with E-state index in [0.717, 1.165) is 0 Å². The number of benzene rings is 1. The van der Waals surface area contributed by atoms with Crippen molar-refractivity contribution < 1.29 is 27.8 Å². The third kappa shape index (κ3) is 5.36. The van der Waals surface area contributed by atoms with Crippen LogP contribution in [-0.4, -0.2) is 73.9 Å². The summed E-state index contributed by atoms with van der Waals surface area (Å²) in [5, 5.41) is 13.3. The van der Waals surface area contributed by atoms with E-state index >= 15 is 4.39 Å². The largest absolute Gasteiger partial charge is 0.453 e. The molecule has 1 amide bonds. The zero-order valence-electron chi connectivity index (χ0n) is 21.8. The summed E-state index contributed by atoms with van der Waals surface area (Å²) < 4.78 is 49.6. The van der Waals surface area contributed by atoms with Crippen molar-refractivity contribution in [1.82, 2.24) is 24.4 Å². The molecular formula is C26H30ClF3N6O3. The summed E-state index contributed by atoms with van der Waals surface area (Å²) in [5.41, 5.74) is 1.40. The molecule has 3 heterocycles. The molecule has 2 aromatic heterocycles. The van der Waals surface area contributed by atoms with E-state index in [-0.39, 0.29) is 47.0 Å². The lowest BCUT2D eigenvalue weighted by Gasteiger charge is -2.33. The molecule has 3 atom stereocenters. The lowest BCUT2D eigenvalue weighted by atomic mass is 9.90. The van der Waals surface area contributed by atoms with Gasteiger partial charge in [0, 0.05) is 43.5 Å². The van der Waals surface area contributed by atoms with Crippen LogP contribution in [0.2, 0.25) is 5.02 Å². The Morgan fingerprint density at radius 1 is 1.28 bits per heavy atom. The summed E-state index contributed by atoms with van der Waals surface area (Å²) in [7, 11) is 1.34. The fourth-order valence-corrected chi connectivity index (χ4v) is 5.69. The molecule has 1 saturated heterocycles. The van der Waals surface area contributed by atoms with Crippen LogP contribution in [0.3, 0.4) is 0 Å². The van der Waals surface area contributed by atoms with Crippen LogP contribution in [0.15, 0.2) is 18.3 Å². The number of likely N-dealkylation sites (tertiary alicyclic amines) is 1. The van der Waals surface area contributed by atoms with Gasteiger partial charge in [0.05, 0.1) is 41.7 Å². The molecular weight excluding hydrogens is 537 g/mol. The molecule has 13 heteroatoms. The van der Waals surface area contributed by atoms with E-state index in [2.05, 4.69) is 20.3 Å². The topological polar surface area (TPSA) is 105 Å². The number of amides is 1. The number of methoxy groups -OCH3 is 1. The lowest BCUT2D eigenvalue weighted by Crippen LogP contribution is -2.44. The molecule has 1 aliphatic heterocycles. The molecule has 1 aromatic carbocycles. The quantitative estimate of drug-likeness (QED) is 0.427. The van der Waals surface area contributed by atoms with E-state index in [0.29, 0.717) is 36.4 Å². The number of nitrogens with zero attached hydrogens (tertiary/aromatic N) is 5. The number of aliphatic hydroxyl groups is 1. The van der Waals surface area contributed by atoms with Crippen molar-refractivity contribution in [3.63, 3.8) is 0 Å². The van der Waals surface area contributed by atoms with E-state index in [9.17, 15) is 18.7 Å². The molecule has 0 radical (unpaired) electrons. The first-order chi connectivity index (χ1) is 18.5. The normalized spacial score (nSPS) is 23.0. The minimum Gasteiger partial charge on any atom is -0.453 e. The molecule has 0 spiro atoms. The standard InChI is InChI=1S/C26H30ClF3N6O3/c1-13(2)36-19-9-15(8-17(28)22(19)33-23(36)14-5-7-35(12-14)25(38)39-3)21-16(27)11-31-24(34-21)32-18-4-6-26(29,30)10-20(18)37/h8-9,11,13-14,18,20,37H,4-7,10,12H2,1-3H3,(H,31,32,34)/t14-,18-,20-/m1/s1. The fraction of sp³-hybridized carbons (Fsp3) is 0.538. The number of anilines is 1. The average molecular weight is 567 g/mol. The second-order valence-corrected chi connectivity index (χ2v) is 10.9. The van der Waals surface area contributed by atoms with E-state index < -0.39 is 36.4 Å². The molecule has 2 N–H and O–H groups in total. The highest BCUT2D eigenvalue weighted by atomic mass is 35.5. The molecule has 39 heavy (non-hydrogen) atoms. The number of ether oxygens (including phenoxy) is 1. The Bertz CT molecular complexity index is 1400. The number of alkyl halides is 2. The van der Waals surface area contributed by atoms with Crippen LogP contribution in [0, 0.1) is 5.82 Å². The fourth-order valence-electron chi connectivity index (χ4n) is 5.49. The van der Waals surface area contributed by atoms with Crippen molar-refractivity contribution in [3.05, 3.63) is 35.0 Å². The van der Waals surface area contributed by atoms with Crippen LogP contribution in [-0.2, 0) is 4.74 Å². The number of fused-ring (bicyclic) bond motifs is 1. The number of aromatic nitrogens is 4. The molecule has 3 aromatic rings. The summed E-state index contributed by atoms with van der Waals surface area (Å²) in [5.74, 6) is -2.78. The van der Waals surface area contributed by atoms with Crippen LogP contribution < -0.4 is 5.32 Å². The number of aliphatic hydroxyl groups excluding tert-OH is 1. The molecule has 1 saturated carbocycles. The zero-order valence-corrected chi connectivity index (χ0v) is 22.6. The maximum atomic E-state index is 15.5. The minimum absolute atomic E-state index is 0.0427. The first-order valence-electron chi connectivity index (χ1n) is 12.9. The number of hydrogen-bond donors (Lipinski definition) is 2. The summed E-state index contributed by atoms with van der Waals surface area (Å²) >= 11 is 6.42. The van der Waals surface area contributed by atoms with Gasteiger partial charge in [0.25, 0.3) is 5.92 Å². The third-order valence-electron chi connectivity index (χ3n) is 7.40. The summed E-state index contributed by atoms with van der Waals surface area (Å²) in [6, 6.07) is 2.35. The second-order valence-electron chi connectivity index (χ2n) is 10.5. The van der Waals surface area contributed by atoms with Gasteiger partial charge in [-0.3, -0.25) is 0 Å². The summed E-state index contributed by atoms with van der Waals surface area (Å²) in [6.07, 6.45) is -0.614. The Kier molecular flexibility index (Phi) is 7.36. The van der Waals surface area contributed by atoms with Crippen LogP contribution >= 0.6 is 11.6 Å². The van der Waals surface area contributed by atoms with Crippen LogP contribution in [0.4, 0.5) is 23.9 Å². The van der Waals surface area contributed by atoms with Gasteiger partial charge < -0.3 is 24.6 Å². The van der Waals surface area contributed by atoms with Crippen molar-refractivity contribution >= 4 is 34.7 Å². The highest BCUT2D eigenvalue weighted by molar-refractivity contribution is 6.33. The molecule has 5 rings (SSSR count). The lowest BCUT2D eigenvalue weighted by molar-refractivity contribution is -0.0800. The highest BCUT2D eigenvalue weighted by Gasteiger charge is 2.41. The summed E-state index contributed by atoms with van der Waals surface area (Å²) in [4.78, 5) is 26.8. The zero-order chi connectivity index (χ0) is 28.1. The monoisotopic (exact) mass is 566 g/mol. The van der Waals surface area contributed by atoms with Gasteiger partial charge in [-0.1, -0.05) is 11.6 Å². The number of carbonyl (C=O) groups is 1. The van der Waals surface area contributed by atoms with Gasteiger partial charge in [-0.25, -0.2) is 32.9 Å². The van der Waals surface area contributed by atoms with Crippen molar-refractivity contribution in [3.8, 4) is 11.3 Å². The van der Waals surface area contributed by atoms with Crippen molar-refractivity contribution in [2.75, 3.05) is 25.5 Å². The Morgan fingerprint density at radius 2 is 2.05 bits per heavy atom. The Hall–Kier alpha value is -3.12. The first kappa shape index (κ1) is 27.4. The van der Waals surface area contributed by atoms with Crippen molar-refractivity contribution in [1.29, 1.82) is 0 Å². The summed E-state index contributed by atoms with van der Waals surface area (Å²) in [6.45, 7) is 4.89. The van der Waals surface area contributed by atoms with Gasteiger partial charge in [0.2, 0.25) is 5.95 Å². The Balaban J connectivity index is 1.49. The smallest absolute Gasteiger partial charge is 0.409 e. The Morgan fingerprint density at radius 3 is 2.74 bits per heavy atom. The Labute approximate surface area is 228 Å². The van der Waals surface area contributed by atoms with Gasteiger partial charge in [-0.2, -0.15) is 0 Å².